The number of hydrogen-bond donors (Lipinski definition) is 1. The Hall–Kier alpha value is -2.86. The van der Waals surface area contributed by atoms with Gasteiger partial charge in [-0.2, -0.15) is 0 Å². The highest BCUT2D eigenvalue weighted by molar-refractivity contribution is 6.05. The largest absolute Gasteiger partial charge is 0.384 e. The van der Waals surface area contributed by atoms with Crippen LogP contribution >= 0.6 is 0 Å². The number of aliphatic hydroxyl groups is 1. The quantitative estimate of drug-likeness (QED) is 0.502. The lowest BCUT2D eigenvalue weighted by Crippen LogP contribution is -2.24. The third-order valence-corrected chi connectivity index (χ3v) is 3.12. The Morgan fingerprint density at radius 3 is 2.32 bits per heavy atom. The zero-order valence-corrected chi connectivity index (χ0v) is 11.5. The van der Waals surface area contributed by atoms with Gasteiger partial charge in [-0.1, -0.05) is 42.5 Å². The molecule has 1 atom stereocenters. The van der Waals surface area contributed by atoms with Gasteiger partial charge in [0, 0.05) is 29.7 Å². The molecule has 0 heterocycles. The van der Waals surface area contributed by atoms with Crippen molar-refractivity contribution in [3.63, 3.8) is 0 Å². The van der Waals surface area contributed by atoms with Crippen molar-refractivity contribution in [2.24, 2.45) is 0 Å². The van der Waals surface area contributed by atoms with Crippen molar-refractivity contribution in [1.29, 1.82) is 0 Å². The average Bonchev–Trinajstić information content (AvgIpc) is 2.54. The van der Waals surface area contributed by atoms with Crippen LogP contribution in [0, 0.1) is 10.1 Å². The van der Waals surface area contributed by atoms with Crippen LogP contribution in [0.5, 0.6) is 0 Å². The fourth-order valence-corrected chi connectivity index (χ4v) is 1.98. The topological polar surface area (TPSA) is 97.5 Å². The molecule has 0 fully saturated rings. The van der Waals surface area contributed by atoms with Crippen LogP contribution in [-0.4, -0.2) is 27.7 Å². The highest BCUT2D eigenvalue weighted by Gasteiger charge is 2.22. The Kier molecular flexibility index (Phi) is 4.75. The Balaban J connectivity index is 2.11. The van der Waals surface area contributed by atoms with Crippen molar-refractivity contribution in [3.05, 3.63) is 75.8 Å². The minimum absolute atomic E-state index is 0.00237. The van der Waals surface area contributed by atoms with E-state index in [-0.39, 0.29) is 23.5 Å². The number of carbonyl (C=O) groups is 2. The standard InChI is InChI=1S/C16H13NO5/c18-14(11-5-2-1-3-6-11)10-15(19)16(20)12-7-4-8-13(9-12)17(21)22/h1-9,15,19H,10H2. The molecule has 0 spiro atoms. The van der Waals surface area contributed by atoms with E-state index in [1.165, 1.54) is 18.2 Å². The molecule has 0 aliphatic carbocycles. The summed E-state index contributed by atoms with van der Waals surface area (Å²) in [5.74, 6) is -1.08. The van der Waals surface area contributed by atoms with Gasteiger partial charge >= 0.3 is 0 Å². The lowest BCUT2D eigenvalue weighted by Gasteiger charge is -2.09. The Morgan fingerprint density at radius 2 is 1.68 bits per heavy atom. The minimum atomic E-state index is -1.53. The van der Waals surface area contributed by atoms with E-state index in [0.717, 1.165) is 6.07 Å². The summed E-state index contributed by atoms with van der Waals surface area (Å²) in [5.41, 5.74) is 0.156. The molecule has 0 aromatic heterocycles. The molecular formula is C16H13NO5. The molecule has 1 N–H and O–H groups in total. The van der Waals surface area contributed by atoms with Crippen molar-refractivity contribution in [2.75, 3.05) is 0 Å². The predicted octanol–water partition coefficient (Wildman–Crippen LogP) is 2.41. The van der Waals surface area contributed by atoms with E-state index in [0.29, 0.717) is 5.56 Å². The first-order chi connectivity index (χ1) is 10.5. The highest BCUT2D eigenvalue weighted by atomic mass is 16.6. The maximum Gasteiger partial charge on any atom is 0.270 e. The van der Waals surface area contributed by atoms with Crippen LogP contribution in [0.2, 0.25) is 0 Å². The fourth-order valence-electron chi connectivity index (χ4n) is 1.98. The van der Waals surface area contributed by atoms with Crippen LogP contribution in [-0.2, 0) is 0 Å². The van der Waals surface area contributed by atoms with Crippen LogP contribution in [0.15, 0.2) is 54.6 Å². The third-order valence-electron chi connectivity index (χ3n) is 3.12. The Labute approximate surface area is 126 Å². The van der Waals surface area contributed by atoms with E-state index in [1.807, 2.05) is 0 Å². The molecule has 0 saturated heterocycles. The van der Waals surface area contributed by atoms with Crippen molar-refractivity contribution in [3.8, 4) is 0 Å². The molecule has 0 saturated carbocycles. The number of nitro benzene ring substituents is 1. The molecular weight excluding hydrogens is 286 g/mol. The second-order valence-electron chi connectivity index (χ2n) is 4.68. The van der Waals surface area contributed by atoms with E-state index < -0.39 is 16.8 Å². The number of ketones is 2. The number of nitrogens with zero attached hydrogens (tertiary/aromatic N) is 1. The second kappa shape index (κ2) is 6.73. The van der Waals surface area contributed by atoms with Gasteiger partial charge in [0.05, 0.1) is 4.92 Å². The van der Waals surface area contributed by atoms with E-state index in [1.54, 1.807) is 30.3 Å². The van der Waals surface area contributed by atoms with Gasteiger partial charge in [-0.05, 0) is 0 Å². The summed E-state index contributed by atoms with van der Waals surface area (Å²) in [6.07, 6.45) is -1.90. The molecule has 0 bridgehead atoms. The summed E-state index contributed by atoms with van der Waals surface area (Å²) in [6.45, 7) is 0. The van der Waals surface area contributed by atoms with Crippen LogP contribution in [0.4, 0.5) is 5.69 Å². The molecule has 6 nitrogen and oxygen atoms in total. The molecule has 1 unspecified atom stereocenters. The molecule has 0 aliphatic heterocycles. The molecule has 2 aromatic rings. The molecule has 2 rings (SSSR count). The van der Waals surface area contributed by atoms with Gasteiger partial charge in [-0.15, -0.1) is 0 Å². The lowest BCUT2D eigenvalue weighted by atomic mass is 9.99. The Morgan fingerprint density at radius 1 is 1.05 bits per heavy atom. The zero-order chi connectivity index (χ0) is 16.1. The number of benzene rings is 2. The van der Waals surface area contributed by atoms with Gasteiger partial charge in [0.15, 0.2) is 11.6 Å². The Bertz CT molecular complexity index is 711. The van der Waals surface area contributed by atoms with E-state index in [4.69, 9.17) is 0 Å². The number of Topliss-reactive ketones (excluding diaryl/α,β-unsaturated/α-hetero) is 2. The maximum absolute atomic E-state index is 12.1. The predicted molar refractivity (Wildman–Crippen MR) is 78.8 cm³/mol. The molecule has 2 aromatic carbocycles. The van der Waals surface area contributed by atoms with Gasteiger partial charge in [0.1, 0.15) is 6.10 Å². The monoisotopic (exact) mass is 299 g/mol. The zero-order valence-electron chi connectivity index (χ0n) is 11.5. The van der Waals surface area contributed by atoms with Crippen LogP contribution in [0.1, 0.15) is 27.1 Å². The van der Waals surface area contributed by atoms with E-state index in [2.05, 4.69) is 0 Å². The lowest BCUT2D eigenvalue weighted by molar-refractivity contribution is -0.384. The number of hydrogen-bond acceptors (Lipinski definition) is 5. The normalized spacial score (nSPS) is 11.7. The van der Waals surface area contributed by atoms with Crippen LogP contribution in [0.3, 0.4) is 0 Å². The van der Waals surface area contributed by atoms with Crippen molar-refractivity contribution >= 4 is 17.3 Å². The SMILES string of the molecule is O=C(CC(O)C(=O)c1cccc([N+](=O)[O-])c1)c1ccccc1. The van der Waals surface area contributed by atoms with Gasteiger partial charge in [0.25, 0.3) is 5.69 Å². The maximum atomic E-state index is 12.1. The molecule has 112 valence electrons. The number of non-ortho nitro benzene ring substituents is 1. The van der Waals surface area contributed by atoms with E-state index in [9.17, 15) is 24.8 Å². The van der Waals surface area contributed by atoms with Crippen LogP contribution < -0.4 is 0 Å². The van der Waals surface area contributed by atoms with Gasteiger partial charge in [-0.25, -0.2) is 0 Å². The molecule has 0 aliphatic rings. The molecule has 22 heavy (non-hydrogen) atoms. The minimum Gasteiger partial charge on any atom is -0.384 e. The van der Waals surface area contributed by atoms with Gasteiger partial charge in [-0.3, -0.25) is 19.7 Å². The summed E-state index contributed by atoms with van der Waals surface area (Å²) < 4.78 is 0. The molecule has 0 radical (unpaired) electrons. The van der Waals surface area contributed by atoms with Gasteiger partial charge in [0.2, 0.25) is 0 Å². The smallest absolute Gasteiger partial charge is 0.270 e. The fraction of sp³-hybridized carbons (Fsp3) is 0.125. The summed E-state index contributed by atoms with van der Waals surface area (Å²) in [7, 11) is 0. The number of rotatable bonds is 6. The molecule has 6 heteroatoms. The molecule has 0 amide bonds. The number of nitro groups is 1. The second-order valence-corrected chi connectivity index (χ2v) is 4.68. The average molecular weight is 299 g/mol. The van der Waals surface area contributed by atoms with Crippen molar-refractivity contribution in [2.45, 2.75) is 12.5 Å². The highest BCUT2D eigenvalue weighted by Crippen LogP contribution is 2.16. The first-order valence-corrected chi connectivity index (χ1v) is 6.54. The number of carbonyl (C=O) groups excluding carboxylic acids is 2. The van der Waals surface area contributed by atoms with Gasteiger partial charge < -0.3 is 5.11 Å². The first-order valence-electron chi connectivity index (χ1n) is 6.54. The summed E-state index contributed by atoms with van der Waals surface area (Å²) >= 11 is 0. The van der Waals surface area contributed by atoms with Crippen molar-refractivity contribution in [1.82, 2.24) is 0 Å². The number of aliphatic hydroxyl groups excluding tert-OH is 1. The first kappa shape index (κ1) is 15.5. The van der Waals surface area contributed by atoms with E-state index >= 15 is 0 Å². The summed E-state index contributed by atoms with van der Waals surface area (Å²) in [6, 6.07) is 13.4. The van der Waals surface area contributed by atoms with Crippen LogP contribution in [0.25, 0.3) is 0 Å². The summed E-state index contributed by atoms with van der Waals surface area (Å²) in [4.78, 5) is 34.1. The summed E-state index contributed by atoms with van der Waals surface area (Å²) in [5, 5.41) is 20.6. The van der Waals surface area contributed by atoms with Crippen molar-refractivity contribution < 1.29 is 19.6 Å². The third kappa shape index (κ3) is 3.62.